The van der Waals surface area contributed by atoms with Crippen molar-refractivity contribution in [2.45, 2.75) is 11.7 Å². The maximum absolute atomic E-state index is 11.4. The predicted molar refractivity (Wildman–Crippen MR) is 75.6 cm³/mol. The van der Waals surface area contributed by atoms with Crippen LogP contribution in [0.25, 0.3) is 0 Å². The normalized spacial score (nSPS) is 20.6. The number of carbonyl (C=O) groups excluding carboxylic acids is 2. The highest BCUT2D eigenvalue weighted by molar-refractivity contribution is 8.15. The van der Waals surface area contributed by atoms with Crippen LogP contribution < -0.4 is 10.4 Å². The average molecular weight is 311 g/mol. The van der Waals surface area contributed by atoms with Crippen molar-refractivity contribution < 1.29 is 14.7 Å². The van der Waals surface area contributed by atoms with Crippen LogP contribution in [0.15, 0.2) is 34.5 Å². The maximum Gasteiger partial charge on any atom is 0.239 e. The average Bonchev–Trinajstić information content (AvgIpc) is 2.72. The molecule has 20 heavy (non-hydrogen) atoms. The van der Waals surface area contributed by atoms with Crippen LogP contribution in [0.4, 0.5) is 0 Å². The predicted octanol–water partition coefficient (Wildman–Crippen LogP) is 0.401. The number of thioether (sulfide) groups is 1. The van der Waals surface area contributed by atoms with Crippen LogP contribution >= 0.6 is 23.4 Å². The van der Waals surface area contributed by atoms with Crippen molar-refractivity contribution in [3.63, 3.8) is 0 Å². The van der Waals surface area contributed by atoms with E-state index in [2.05, 4.69) is 15.5 Å². The van der Waals surface area contributed by atoms with Gasteiger partial charge in [-0.1, -0.05) is 41.6 Å². The van der Waals surface area contributed by atoms with Crippen molar-refractivity contribution in [3.05, 3.63) is 34.9 Å². The molecular formula is C12H9ClN3O3S-. The van der Waals surface area contributed by atoms with Crippen LogP contribution in [0.2, 0.25) is 5.02 Å². The van der Waals surface area contributed by atoms with Gasteiger partial charge in [0, 0.05) is 23.0 Å². The van der Waals surface area contributed by atoms with Crippen molar-refractivity contribution in [3.8, 4) is 0 Å². The van der Waals surface area contributed by atoms with Crippen LogP contribution in [-0.2, 0) is 9.59 Å². The van der Waals surface area contributed by atoms with E-state index in [-0.39, 0.29) is 11.6 Å². The number of hydrogen-bond donors (Lipinski definition) is 1. The number of aliphatic carboxylic acids is 1. The van der Waals surface area contributed by atoms with E-state index in [4.69, 9.17) is 11.6 Å². The van der Waals surface area contributed by atoms with Crippen molar-refractivity contribution in [1.82, 2.24) is 5.32 Å². The Hall–Kier alpha value is -1.86. The fraction of sp³-hybridized carbons (Fsp3) is 0.167. The van der Waals surface area contributed by atoms with E-state index in [1.165, 1.54) is 6.21 Å². The van der Waals surface area contributed by atoms with Crippen molar-refractivity contribution >= 4 is 46.6 Å². The zero-order valence-electron chi connectivity index (χ0n) is 10.1. The van der Waals surface area contributed by atoms with E-state index in [0.29, 0.717) is 10.6 Å². The molecule has 104 valence electrons. The molecule has 0 bridgehead atoms. The molecule has 0 saturated carbocycles. The zero-order valence-corrected chi connectivity index (χ0v) is 11.6. The molecule has 1 heterocycles. The lowest BCUT2D eigenvalue weighted by Crippen LogP contribution is -2.31. The summed E-state index contributed by atoms with van der Waals surface area (Å²) in [6.07, 6.45) is 1.10. The van der Waals surface area contributed by atoms with E-state index in [9.17, 15) is 14.7 Å². The number of rotatable bonds is 4. The first-order chi connectivity index (χ1) is 9.56. The summed E-state index contributed by atoms with van der Waals surface area (Å²) in [5.74, 6) is -1.69. The lowest BCUT2D eigenvalue weighted by molar-refractivity contribution is -0.305. The number of amides is 1. The molecule has 1 aromatic carbocycles. The van der Waals surface area contributed by atoms with Crippen LogP contribution in [0, 0.1) is 0 Å². The molecule has 0 aromatic heterocycles. The number of carboxylic acid groups (broad SMARTS) is 1. The molecule has 0 unspecified atom stereocenters. The molecule has 1 aromatic rings. The third kappa shape index (κ3) is 3.82. The molecule has 1 aliphatic rings. The van der Waals surface area contributed by atoms with Gasteiger partial charge in [0.2, 0.25) is 5.91 Å². The van der Waals surface area contributed by atoms with Crippen LogP contribution in [0.3, 0.4) is 0 Å². The summed E-state index contributed by atoms with van der Waals surface area (Å²) in [5.41, 5.74) is 0.694. The Balaban J connectivity index is 2.01. The van der Waals surface area contributed by atoms with Gasteiger partial charge in [-0.2, -0.15) is 5.10 Å². The first kappa shape index (κ1) is 14.5. The lowest BCUT2D eigenvalue weighted by atomic mass is 10.2. The Morgan fingerprint density at radius 3 is 2.95 bits per heavy atom. The second-order valence-corrected chi connectivity index (χ2v) is 5.44. The van der Waals surface area contributed by atoms with Gasteiger partial charge in [0.1, 0.15) is 0 Å². The Kier molecular flexibility index (Phi) is 4.75. The van der Waals surface area contributed by atoms with Gasteiger partial charge < -0.3 is 15.2 Å². The van der Waals surface area contributed by atoms with Crippen LogP contribution in [0.5, 0.6) is 0 Å². The number of nitrogens with one attached hydrogen (secondary N) is 1. The number of carbonyl (C=O) groups is 2. The third-order valence-corrected chi connectivity index (χ3v) is 3.80. The molecule has 6 nitrogen and oxygen atoms in total. The Bertz CT molecular complexity index is 603. The number of benzene rings is 1. The largest absolute Gasteiger partial charge is 0.550 e. The minimum atomic E-state index is -1.28. The molecule has 1 saturated heterocycles. The Labute approximate surface area is 123 Å². The van der Waals surface area contributed by atoms with E-state index < -0.39 is 17.1 Å². The van der Waals surface area contributed by atoms with Gasteiger partial charge >= 0.3 is 0 Å². The summed E-state index contributed by atoms with van der Waals surface area (Å²) in [4.78, 5) is 21.9. The Morgan fingerprint density at radius 2 is 2.25 bits per heavy atom. The van der Waals surface area contributed by atoms with Crippen LogP contribution in [0.1, 0.15) is 12.0 Å². The zero-order chi connectivity index (χ0) is 14.5. The third-order valence-electron chi connectivity index (χ3n) is 2.38. The Morgan fingerprint density at radius 1 is 1.50 bits per heavy atom. The summed E-state index contributed by atoms with van der Waals surface area (Å²) in [6.45, 7) is 0. The first-order valence-electron chi connectivity index (χ1n) is 5.59. The summed E-state index contributed by atoms with van der Waals surface area (Å²) >= 11 is 6.94. The maximum atomic E-state index is 11.4. The number of halogens is 1. The monoisotopic (exact) mass is 310 g/mol. The van der Waals surface area contributed by atoms with E-state index in [1.54, 1.807) is 18.2 Å². The van der Waals surface area contributed by atoms with Gasteiger partial charge in [0.25, 0.3) is 0 Å². The first-order valence-corrected chi connectivity index (χ1v) is 6.85. The lowest BCUT2D eigenvalue weighted by Gasteiger charge is -2.04. The van der Waals surface area contributed by atoms with Gasteiger partial charge in [0.05, 0.1) is 11.5 Å². The topological polar surface area (TPSA) is 93.9 Å². The van der Waals surface area contributed by atoms with Gasteiger partial charge in [-0.15, -0.1) is 5.10 Å². The summed E-state index contributed by atoms with van der Waals surface area (Å²) in [7, 11) is 0. The summed E-state index contributed by atoms with van der Waals surface area (Å²) in [6, 6.07) is 7.09. The summed E-state index contributed by atoms with van der Waals surface area (Å²) < 4.78 is 0. The number of amidine groups is 1. The van der Waals surface area contributed by atoms with Crippen LogP contribution in [-0.4, -0.2) is 28.5 Å². The quantitative estimate of drug-likeness (QED) is 0.643. The van der Waals surface area contributed by atoms with Crippen molar-refractivity contribution in [2.24, 2.45) is 10.2 Å². The van der Waals surface area contributed by atoms with E-state index >= 15 is 0 Å². The van der Waals surface area contributed by atoms with Gasteiger partial charge in [-0.25, -0.2) is 0 Å². The van der Waals surface area contributed by atoms with Crippen molar-refractivity contribution in [1.29, 1.82) is 0 Å². The minimum absolute atomic E-state index is 0.254. The fourth-order valence-corrected chi connectivity index (χ4v) is 2.55. The highest BCUT2D eigenvalue weighted by Crippen LogP contribution is 2.22. The molecular weight excluding hydrogens is 302 g/mol. The molecule has 8 heteroatoms. The second kappa shape index (κ2) is 6.53. The second-order valence-electron chi connectivity index (χ2n) is 3.84. The van der Waals surface area contributed by atoms with Crippen molar-refractivity contribution in [2.75, 3.05) is 0 Å². The number of hydrogen-bond acceptors (Lipinski definition) is 6. The number of nitrogens with zero attached hydrogens (tertiary/aromatic N) is 2. The van der Waals surface area contributed by atoms with Gasteiger partial charge in [0.15, 0.2) is 5.17 Å². The molecule has 1 N–H and O–H groups in total. The van der Waals surface area contributed by atoms with E-state index in [0.717, 1.165) is 11.8 Å². The molecule has 1 aliphatic heterocycles. The SMILES string of the molecule is O=C([O-])C[C@H]1S/C(=N\N=C/c2ccccc2Cl)NC1=O. The standard InChI is InChI=1S/C12H10ClN3O3S/c13-8-4-2-1-3-7(8)6-14-16-12-15-11(19)9(20-12)5-10(17)18/h1-4,6,9H,5H2,(H,17,18)(H,15,16,19)/p-1/b14-6-/t9-/m1/s1. The molecule has 1 atom stereocenters. The number of carboxylic acids is 1. The molecule has 0 radical (unpaired) electrons. The highest BCUT2D eigenvalue weighted by atomic mass is 35.5. The molecule has 1 fully saturated rings. The summed E-state index contributed by atoms with van der Waals surface area (Å²) in [5, 5.41) is 20.6. The molecule has 0 spiro atoms. The molecule has 0 aliphatic carbocycles. The smallest absolute Gasteiger partial charge is 0.239 e. The minimum Gasteiger partial charge on any atom is -0.550 e. The van der Waals surface area contributed by atoms with Gasteiger partial charge in [-0.3, -0.25) is 4.79 Å². The molecule has 1 amide bonds. The van der Waals surface area contributed by atoms with Gasteiger partial charge in [-0.05, 0) is 6.07 Å². The van der Waals surface area contributed by atoms with E-state index in [1.807, 2.05) is 6.07 Å². The highest BCUT2D eigenvalue weighted by Gasteiger charge is 2.30. The molecule has 2 rings (SSSR count). The fourth-order valence-electron chi connectivity index (χ4n) is 1.46.